The third-order valence-electron chi connectivity index (χ3n) is 3.90. The van der Waals surface area contributed by atoms with Gasteiger partial charge in [-0.2, -0.15) is 0 Å². The average molecular weight is 286 g/mol. The number of nitrogens with two attached hydrogens (primary N) is 1. The van der Waals surface area contributed by atoms with E-state index in [1.54, 1.807) is 6.07 Å². The SMILES string of the molecule is CCN(c1ccc(C)cc1)C(CN)c1ccc(F)cc1C. The van der Waals surface area contributed by atoms with E-state index in [9.17, 15) is 4.39 Å². The van der Waals surface area contributed by atoms with Gasteiger partial charge in [-0.05, 0) is 56.2 Å². The summed E-state index contributed by atoms with van der Waals surface area (Å²) < 4.78 is 13.3. The van der Waals surface area contributed by atoms with Crippen molar-refractivity contribution in [3.63, 3.8) is 0 Å². The Morgan fingerprint density at radius 3 is 2.29 bits per heavy atom. The van der Waals surface area contributed by atoms with Crippen LogP contribution in [0.1, 0.15) is 29.7 Å². The van der Waals surface area contributed by atoms with Gasteiger partial charge in [0.15, 0.2) is 0 Å². The van der Waals surface area contributed by atoms with Crippen molar-refractivity contribution in [2.24, 2.45) is 5.73 Å². The van der Waals surface area contributed by atoms with Gasteiger partial charge in [-0.1, -0.05) is 23.8 Å². The number of hydrogen-bond acceptors (Lipinski definition) is 2. The van der Waals surface area contributed by atoms with Crippen LogP contribution in [0.4, 0.5) is 10.1 Å². The molecule has 0 aromatic heterocycles. The highest BCUT2D eigenvalue weighted by atomic mass is 19.1. The minimum atomic E-state index is -0.203. The molecule has 2 rings (SSSR count). The van der Waals surface area contributed by atoms with E-state index >= 15 is 0 Å². The zero-order chi connectivity index (χ0) is 15.4. The highest BCUT2D eigenvalue weighted by Gasteiger charge is 2.20. The molecule has 0 aliphatic rings. The van der Waals surface area contributed by atoms with Crippen molar-refractivity contribution in [1.29, 1.82) is 0 Å². The molecule has 0 heterocycles. The number of rotatable bonds is 5. The quantitative estimate of drug-likeness (QED) is 0.901. The Balaban J connectivity index is 2.39. The average Bonchev–Trinajstić information content (AvgIpc) is 2.47. The van der Waals surface area contributed by atoms with Gasteiger partial charge in [-0.3, -0.25) is 0 Å². The van der Waals surface area contributed by atoms with E-state index in [4.69, 9.17) is 5.73 Å². The summed E-state index contributed by atoms with van der Waals surface area (Å²) in [5, 5.41) is 0. The minimum Gasteiger partial charge on any atom is -0.363 e. The van der Waals surface area contributed by atoms with Crippen LogP contribution in [0, 0.1) is 19.7 Å². The summed E-state index contributed by atoms with van der Waals surface area (Å²) in [6.07, 6.45) is 0. The number of benzene rings is 2. The van der Waals surface area contributed by atoms with E-state index in [1.165, 1.54) is 11.6 Å². The normalized spacial score (nSPS) is 12.2. The van der Waals surface area contributed by atoms with Gasteiger partial charge in [-0.15, -0.1) is 0 Å². The predicted molar refractivity (Wildman–Crippen MR) is 87.1 cm³/mol. The molecule has 21 heavy (non-hydrogen) atoms. The maximum Gasteiger partial charge on any atom is 0.123 e. The summed E-state index contributed by atoms with van der Waals surface area (Å²) in [6.45, 7) is 7.46. The maximum atomic E-state index is 13.3. The maximum absolute atomic E-state index is 13.3. The van der Waals surface area contributed by atoms with Crippen molar-refractivity contribution in [2.45, 2.75) is 26.8 Å². The van der Waals surface area contributed by atoms with E-state index in [1.807, 2.05) is 13.0 Å². The first-order chi connectivity index (χ1) is 10.1. The van der Waals surface area contributed by atoms with Crippen LogP contribution in [-0.4, -0.2) is 13.1 Å². The molecule has 1 atom stereocenters. The highest BCUT2D eigenvalue weighted by molar-refractivity contribution is 5.51. The van der Waals surface area contributed by atoms with Crippen LogP contribution in [-0.2, 0) is 0 Å². The Labute approximate surface area is 126 Å². The number of nitrogens with zero attached hydrogens (tertiary/aromatic N) is 1. The lowest BCUT2D eigenvalue weighted by Gasteiger charge is -2.33. The molecule has 2 nitrogen and oxygen atoms in total. The van der Waals surface area contributed by atoms with Crippen LogP contribution in [0.3, 0.4) is 0 Å². The van der Waals surface area contributed by atoms with Crippen LogP contribution >= 0.6 is 0 Å². The summed E-state index contributed by atoms with van der Waals surface area (Å²) in [5.74, 6) is -0.203. The minimum absolute atomic E-state index is 0.0540. The van der Waals surface area contributed by atoms with E-state index in [0.717, 1.165) is 23.4 Å². The molecule has 0 spiro atoms. The number of hydrogen-bond donors (Lipinski definition) is 1. The summed E-state index contributed by atoms with van der Waals surface area (Å²) in [5.41, 5.74) is 10.4. The largest absolute Gasteiger partial charge is 0.363 e. The first kappa shape index (κ1) is 15.5. The number of anilines is 1. The molecular weight excluding hydrogens is 263 g/mol. The molecule has 112 valence electrons. The summed E-state index contributed by atoms with van der Waals surface area (Å²) >= 11 is 0. The fourth-order valence-corrected chi connectivity index (χ4v) is 2.75. The second-order valence-electron chi connectivity index (χ2n) is 5.37. The van der Waals surface area contributed by atoms with Crippen molar-refractivity contribution in [3.8, 4) is 0 Å². The predicted octanol–water partition coefficient (Wildman–Crippen LogP) is 3.97. The molecular formula is C18H23FN2. The molecule has 0 aliphatic heterocycles. The fraction of sp³-hybridized carbons (Fsp3) is 0.333. The van der Waals surface area contributed by atoms with E-state index in [-0.39, 0.29) is 11.9 Å². The summed E-state index contributed by atoms with van der Waals surface area (Å²) in [7, 11) is 0. The lowest BCUT2D eigenvalue weighted by Crippen LogP contribution is -2.34. The second-order valence-corrected chi connectivity index (χ2v) is 5.37. The molecule has 2 aromatic rings. The third kappa shape index (κ3) is 3.42. The van der Waals surface area contributed by atoms with Gasteiger partial charge in [0.2, 0.25) is 0 Å². The Hall–Kier alpha value is -1.87. The van der Waals surface area contributed by atoms with Crippen LogP contribution in [0.25, 0.3) is 0 Å². The first-order valence-corrected chi connectivity index (χ1v) is 7.36. The molecule has 1 unspecified atom stereocenters. The van der Waals surface area contributed by atoms with E-state index < -0.39 is 0 Å². The van der Waals surface area contributed by atoms with Crippen LogP contribution in [0.15, 0.2) is 42.5 Å². The van der Waals surface area contributed by atoms with Crippen molar-refractivity contribution in [2.75, 3.05) is 18.0 Å². The topological polar surface area (TPSA) is 29.3 Å². The fourth-order valence-electron chi connectivity index (χ4n) is 2.75. The van der Waals surface area contributed by atoms with Crippen molar-refractivity contribution in [3.05, 3.63) is 65.0 Å². The molecule has 0 aliphatic carbocycles. The smallest absolute Gasteiger partial charge is 0.123 e. The van der Waals surface area contributed by atoms with Gasteiger partial charge in [0.05, 0.1) is 6.04 Å². The second kappa shape index (κ2) is 6.72. The van der Waals surface area contributed by atoms with Gasteiger partial charge in [0.1, 0.15) is 5.82 Å². The Bertz CT molecular complexity index is 593. The molecule has 0 fully saturated rings. The molecule has 0 bridgehead atoms. The van der Waals surface area contributed by atoms with Crippen molar-refractivity contribution >= 4 is 5.69 Å². The molecule has 2 N–H and O–H groups in total. The van der Waals surface area contributed by atoms with Crippen molar-refractivity contribution < 1.29 is 4.39 Å². The lowest BCUT2D eigenvalue weighted by atomic mass is 9.99. The molecule has 0 saturated carbocycles. The highest BCUT2D eigenvalue weighted by Crippen LogP contribution is 2.28. The Morgan fingerprint density at radius 2 is 1.76 bits per heavy atom. The third-order valence-corrected chi connectivity index (χ3v) is 3.90. The number of likely N-dealkylation sites (N-methyl/N-ethyl adjacent to an activating group) is 1. The van der Waals surface area contributed by atoms with Gasteiger partial charge < -0.3 is 10.6 Å². The zero-order valence-electron chi connectivity index (χ0n) is 12.9. The van der Waals surface area contributed by atoms with E-state index in [0.29, 0.717) is 6.54 Å². The first-order valence-electron chi connectivity index (χ1n) is 7.36. The van der Waals surface area contributed by atoms with Gasteiger partial charge in [0, 0.05) is 18.8 Å². The zero-order valence-corrected chi connectivity index (χ0v) is 12.9. The standard InChI is InChI=1S/C18H23FN2/c1-4-21(16-8-5-13(2)6-9-16)18(12-20)17-10-7-15(19)11-14(17)3/h5-11,18H,4,12,20H2,1-3H3. The monoisotopic (exact) mass is 286 g/mol. The molecule has 2 aromatic carbocycles. The molecule has 0 radical (unpaired) electrons. The lowest BCUT2D eigenvalue weighted by molar-refractivity contribution is 0.614. The van der Waals surface area contributed by atoms with Gasteiger partial charge in [0.25, 0.3) is 0 Å². The van der Waals surface area contributed by atoms with Crippen LogP contribution < -0.4 is 10.6 Å². The summed E-state index contributed by atoms with van der Waals surface area (Å²) in [4.78, 5) is 2.26. The van der Waals surface area contributed by atoms with Crippen molar-refractivity contribution in [1.82, 2.24) is 0 Å². The molecule has 3 heteroatoms. The summed E-state index contributed by atoms with van der Waals surface area (Å²) in [6, 6.07) is 13.4. The van der Waals surface area contributed by atoms with Gasteiger partial charge in [-0.25, -0.2) is 4.39 Å². The number of halogens is 1. The van der Waals surface area contributed by atoms with Crippen LogP contribution in [0.5, 0.6) is 0 Å². The van der Waals surface area contributed by atoms with E-state index in [2.05, 4.69) is 43.0 Å². The van der Waals surface area contributed by atoms with Gasteiger partial charge >= 0.3 is 0 Å². The number of aryl methyl sites for hydroxylation is 2. The molecule has 0 saturated heterocycles. The molecule has 0 amide bonds. The van der Waals surface area contributed by atoms with Crippen LogP contribution in [0.2, 0.25) is 0 Å². The Morgan fingerprint density at radius 1 is 1.10 bits per heavy atom. The Kier molecular flexibility index (Phi) is 4.97.